The van der Waals surface area contributed by atoms with Crippen LogP contribution in [0.3, 0.4) is 0 Å². The topological polar surface area (TPSA) is 88.0 Å². The van der Waals surface area contributed by atoms with Gasteiger partial charge in [-0.2, -0.15) is 0 Å². The number of nitrogens with zero attached hydrogens (tertiary/aromatic N) is 2. The molecule has 0 aliphatic rings. The van der Waals surface area contributed by atoms with Crippen LogP contribution in [0.4, 0.5) is 0 Å². The number of hydrogen-bond acceptors (Lipinski definition) is 4. The zero-order valence-corrected chi connectivity index (χ0v) is 14.7. The van der Waals surface area contributed by atoms with Crippen molar-refractivity contribution in [3.63, 3.8) is 0 Å². The lowest BCUT2D eigenvalue weighted by molar-refractivity contribution is 0.430. The highest BCUT2D eigenvalue weighted by Crippen LogP contribution is 2.23. The van der Waals surface area contributed by atoms with E-state index in [0.29, 0.717) is 11.2 Å². The molecule has 0 aliphatic carbocycles. The van der Waals surface area contributed by atoms with E-state index in [9.17, 15) is 14.7 Å². The Hall–Kier alpha value is -4.15. The van der Waals surface area contributed by atoms with Crippen molar-refractivity contribution >= 4 is 23.1 Å². The predicted octanol–water partition coefficient (Wildman–Crippen LogP) is 3.11. The van der Waals surface area contributed by atoms with E-state index in [1.807, 2.05) is 42.5 Å². The summed E-state index contributed by atoms with van der Waals surface area (Å²) >= 11 is 0. The number of rotatable bonds is 3. The van der Waals surface area contributed by atoms with Crippen LogP contribution in [0.1, 0.15) is 11.1 Å². The fourth-order valence-corrected chi connectivity index (χ4v) is 2.93. The Labute approximate surface area is 159 Å². The summed E-state index contributed by atoms with van der Waals surface area (Å²) in [5.41, 5.74) is 3.16. The van der Waals surface area contributed by atoms with Gasteiger partial charge in [-0.25, -0.2) is 9.36 Å². The number of pyridine rings is 1. The maximum atomic E-state index is 12.4. The first-order valence-electron chi connectivity index (χ1n) is 8.55. The highest BCUT2D eigenvalue weighted by atomic mass is 16.3. The molecule has 0 amide bonds. The van der Waals surface area contributed by atoms with Gasteiger partial charge in [-0.15, -0.1) is 5.73 Å². The third-order valence-corrected chi connectivity index (χ3v) is 4.25. The maximum Gasteiger partial charge on any atom is 0.335 e. The number of nitrogens with one attached hydrogen (secondary N) is 1. The molecule has 4 aromatic rings. The molecule has 0 saturated carbocycles. The number of benzene rings is 2. The Morgan fingerprint density at radius 3 is 2.57 bits per heavy atom. The summed E-state index contributed by atoms with van der Waals surface area (Å²) < 4.78 is 1.03. The number of hydrogen-bond donors (Lipinski definition) is 2. The highest BCUT2D eigenvalue weighted by Gasteiger charge is 2.15. The summed E-state index contributed by atoms with van der Waals surface area (Å²) in [6, 6.07) is 18.3. The first-order chi connectivity index (χ1) is 13.6. The maximum absolute atomic E-state index is 12.4. The van der Waals surface area contributed by atoms with Crippen LogP contribution in [0.15, 0.2) is 82.2 Å². The highest BCUT2D eigenvalue weighted by molar-refractivity contribution is 5.86. The molecule has 4 rings (SSSR count). The van der Waals surface area contributed by atoms with Crippen LogP contribution in [0.25, 0.3) is 28.7 Å². The van der Waals surface area contributed by atoms with Crippen LogP contribution in [0, 0.1) is 0 Å². The van der Waals surface area contributed by atoms with Gasteiger partial charge < -0.3 is 5.11 Å². The molecule has 0 spiro atoms. The van der Waals surface area contributed by atoms with Crippen LogP contribution in [-0.2, 0) is 0 Å². The monoisotopic (exact) mass is 369 g/mol. The molecule has 0 saturated heterocycles. The first kappa shape index (κ1) is 17.3. The number of fused-ring (bicyclic) bond motifs is 1. The van der Waals surface area contributed by atoms with E-state index >= 15 is 0 Å². The van der Waals surface area contributed by atoms with Crippen molar-refractivity contribution in [1.29, 1.82) is 0 Å². The molecule has 0 unspecified atom stereocenters. The van der Waals surface area contributed by atoms with E-state index in [-0.39, 0.29) is 5.56 Å². The molecule has 2 N–H and O–H groups in total. The van der Waals surface area contributed by atoms with Crippen molar-refractivity contribution in [2.24, 2.45) is 0 Å². The minimum atomic E-state index is -0.746. The van der Waals surface area contributed by atoms with Crippen LogP contribution in [-0.4, -0.2) is 19.6 Å². The largest absolute Gasteiger partial charge is 0.494 e. The summed E-state index contributed by atoms with van der Waals surface area (Å²) in [5, 5.41) is 11.5. The zero-order valence-electron chi connectivity index (χ0n) is 14.7. The summed E-state index contributed by atoms with van der Waals surface area (Å²) in [4.78, 5) is 31.2. The molecule has 6 nitrogen and oxygen atoms in total. The Morgan fingerprint density at radius 1 is 0.964 bits per heavy atom. The summed E-state index contributed by atoms with van der Waals surface area (Å²) in [7, 11) is 0. The number of aromatic hydroxyl groups is 1. The average molecular weight is 369 g/mol. The predicted molar refractivity (Wildman–Crippen MR) is 109 cm³/mol. The van der Waals surface area contributed by atoms with Crippen molar-refractivity contribution in [2.45, 2.75) is 0 Å². The van der Waals surface area contributed by atoms with Gasteiger partial charge in [0.25, 0.3) is 5.56 Å². The number of aromatic amines is 1. The Bertz CT molecular complexity index is 1340. The molecule has 0 bridgehead atoms. The van der Waals surface area contributed by atoms with Crippen molar-refractivity contribution in [3.8, 4) is 11.6 Å². The van der Waals surface area contributed by atoms with Gasteiger partial charge >= 0.3 is 5.69 Å². The van der Waals surface area contributed by atoms with Crippen molar-refractivity contribution < 1.29 is 5.11 Å². The first-order valence-corrected chi connectivity index (χ1v) is 8.55. The number of H-pyrrole nitrogens is 1. The van der Waals surface area contributed by atoms with Gasteiger partial charge in [0.05, 0.1) is 11.2 Å². The normalized spacial score (nSPS) is 10.4. The molecular weight excluding hydrogens is 354 g/mol. The average Bonchev–Trinajstić information content (AvgIpc) is 2.71. The van der Waals surface area contributed by atoms with Gasteiger partial charge in [-0.05, 0) is 29.8 Å². The van der Waals surface area contributed by atoms with E-state index in [4.69, 9.17) is 0 Å². The van der Waals surface area contributed by atoms with Crippen LogP contribution < -0.4 is 11.2 Å². The summed E-state index contributed by atoms with van der Waals surface area (Å²) in [5.74, 6) is -0.471. The van der Waals surface area contributed by atoms with Gasteiger partial charge in [-0.3, -0.25) is 14.8 Å². The number of para-hydroxylation sites is 1. The molecule has 0 atom stereocenters. The van der Waals surface area contributed by atoms with E-state index in [0.717, 1.165) is 15.5 Å². The van der Waals surface area contributed by atoms with E-state index in [1.165, 1.54) is 6.08 Å². The second-order valence-corrected chi connectivity index (χ2v) is 6.05. The van der Waals surface area contributed by atoms with Crippen LogP contribution >= 0.6 is 0 Å². The minimum absolute atomic E-state index is 0.0697. The van der Waals surface area contributed by atoms with Gasteiger partial charge in [0.15, 0.2) is 0 Å². The lowest BCUT2D eigenvalue weighted by Gasteiger charge is -2.11. The van der Waals surface area contributed by atoms with Crippen molar-refractivity contribution in [3.05, 3.63) is 105 Å². The fourth-order valence-electron chi connectivity index (χ4n) is 2.93. The minimum Gasteiger partial charge on any atom is -0.494 e. The van der Waals surface area contributed by atoms with Gasteiger partial charge in [0, 0.05) is 11.6 Å². The molecule has 136 valence electrons. The van der Waals surface area contributed by atoms with Crippen LogP contribution in [0.5, 0.6) is 5.88 Å². The van der Waals surface area contributed by atoms with Gasteiger partial charge in [-0.1, -0.05) is 48.5 Å². The molecule has 2 heterocycles. The Balaban J connectivity index is 1.91. The molecule has 6 heteroatoms. The molecule has 28 heavy (non-hydrogen) atoms. The summed E-state index contributed by atoms with van der Waals surface area (Å²) in [6.45, 7) is 0. The fraction of sp³-hybridized carbons (Fsp3) is 0. The smallest absolute Gasteiger partial charge is 0.335 e. The third-order valence-electron chi connectivity index (χ3n) is 4.25. The van der Waals surface area contributed by atoms with Crippen molar-refractivity contribution in [2.75, 3.05) is 0 Å². The SMILES string of the molecule is O=c1[nH]c(=O)n(-c2cccc3cccnc23)c(O)c1C=C=Cc1ccccc1. The molecular formula is C22H15N3O3. The quantitative estimate of drug-likeness (QED) is 0.543. The molecule has 2 aromatic heterocycles. The van der Waals surface area contributed by atoms with E-state index < -0.39 is 17.1 Å². The molecule has 2 aromatic carbocycles. The lowest BCUT2D eigenvalue weighted by atomic mass is 10.2. The van der Waals surface area contributed by atoms with E-state index in [1.54, 1.807) is 30.5 Å². The second-order valence-electron chi connectivity index (χ2n) is 6.05. The molecule has 0 fully saturated rings. The second kappa shape index (κ2) is 7.23. The third kappa shape index (κ3) is 3.16. The van der Waals surface area contributed by atoms with Gasteiger partial charge in [0.2, 0.25) is 5.88 Å². The molecule has 0 radical (unpaired) electrons. The summed E-state index contributed by atoms with van der Waals surface area (Å²) in [6.07, 6.45) is 4.62. The van der Waals surface area contributed by atoms with Gasteiger partial charge in [0.1, 0.15) is 5.56 Å². The van der Waals surface area contributed by atoms with E-state index in [2.05, 4.69) is 15.7 Å². The standard InChI is InChI=1S/C22H15N3O3/c26-20-17(12-4-9-15-7-2-1-3-8-15)21(27)25(22(28)24-20)18-13-5-10-16-11-6-14-23-19(16)18/h1-3,5-14,27H,(H,24,26,28). The zero-order chi connectivity index (χ0) is 19.5. The van der Waals surface area contributed by atoms with Crippen LogP contribution in [0.2, 0.25) is 0 Å². The number of aromatic nitrogens is 3. The van der Waals surface area contributed by atoms with Crippen molar-refractivity contribution in [1.82, 2.24) is 14.5 Å². The Kier molecular flexibility index (Phi) is 4.46. The lowest BCUT2D eigenvalue weighted by Crippen LogP contribution is -2.30. The Morgan fingerprint density at radius 2 is 1.75 bits per heavy atom. The molecule has 0 aliphatic heterocycles.